The predicted molar refractivity (Wildman–Crippen MR) is 98.6 cm³/mol. The topological polar surface area (TPSA) is 85.5 Å². The van der Waals surface area contributed by atoms with Gasteiger partial charge in [-0.2, -0.15) is 0 Å². The molecule has 1 aromatic heterocycles. The Balaban J connectivity index is 1.69. The Morgan fingerprint density at radius 1 is 1.44 bits per heavy atom. The molecule has 0 spiro atoms. The fourth-order valence-corrected chi connectivity index (χ4v) is 4.07. The number of carbonyl (C=O) groups is 2. The van der Waals surface area contributed by atoms with Gasteiger partial charge in [0.25, 0.3) is 5.91 Å². The average molecular weight is 361 g/mol. The molecule has 0 unspecified atom stereocenters. The van der Waals surface area contributed by atoms with Crippen molar-refractivity contribution in [3.05, 3.63) is 23.8 Å². The number of hydrogen-bond acceptors (Lipinski definition) is 6. The van der Waals surface area contributed by atoms with Crippen LogP contribution in [-0.2, 0) is 9.53 Å². The van der Waals surface area contributed by atoms with E-state index in [-0.39, 0.29) is 11.9 Å². The van der Waals surface area contributed by atoms with E-state index in [0.29, 0.717) is 10.7 Å². The van der Waals surface area contributed by atoms with E-state index in [0.717, 1.165) is 42.4 Å². The molecule has 2 heterocycles. The van der Waals surface area contributed by atoms with Gasteiger partial charge >= 0.3 is 5.97 Å². The van der Waals surface area contributed by atoms with Crippen LogP contribution in [0, 0.1) is 0 Å². The molecule has 3 rings (SSSR count). The summed E-state index contributed by atoms with van der Waals surface area (Å²) >= 11 is 1.32. The first-order valence-electron chi connectivity index (χ1n) is 8.67. The molecule has 0 saturated carbocycles. The third-order valence-corrected chi connectivity index (χ3v) is 5.50. The van der Waals surface area contributed by atoms with Crippen LogP contribution in [0.3, 0.4) is 0 Å². The first-order chi connectivity index (χ1) is 12.0. The maximum atomic E-state index is 12.7. The van der Waals surface area contributed by atoms with Crippen LogP contribution in [0.2, 0.25) is 0 Å². The number of carbonyl (C=O) groups excluding carboxylic acids is 2. The van der Waals surface area contributed by atoms with Crippen molar-refractivity contribution in [1.29, 1.82) is 0 Å². The first kappa shape index (κ1) is 17.7. The quantitative estimate of drug-likeness (QED) is 0.845. The molecule has 1 saturated heterocycles. The number of anilines is 1. The lowest BCUT2D eigenvalue weighted by molar-refractivity contribution is -0.143. The number of likely N-dealkylation sites (tertiary alicyclic amines) is 1. The van der Waals surface area contributed by atoms with Crippen LogP contribution in [0.15, 0.2) is 18.2 Å². The molecule has 7 heteroatoms. The normalized spacial score (nSPS) is 19.0. The number of ether oxygens (including phenoxy) is 1. The number of hydrogen-bond donors (Lipinski definition) is 1. The minimum Gasteiger partial charge on any atom is -0.449 e. The Labute approximate surface area is 151 Å². The standard InChI is InChI=1S/C18H23N3O3S/c1-3-13-6-4-5-9-21(13)16(22)11(2)24-17(23)12-7-8-14-15(10-12)25-18(19)20-14/h7-8,10-11,13H,3-6,9H2,1-2H3,(H2,19,20)/t11-,13-/m1/s1. The molecule has 6 nitrogen and oxygen atoms in total. The molecule has 0 aliphatic carbocycles. The van der Waals surface area contributed by atoms with Gasteiger partial charge in [0.1, 0.15) is 0 Å². The molecule has 2 aromatic rings. The smallest absolute Gasteiger partial charge is 0.338 e. The van der Waals surface area contributed by atoms with E-state index in [9.17, 15) is 9.59 Å². The fourth-order valence-electron chi connectivity index (χ4n) is 3.30. The molecule has 1 aromatic carbocycles. The molecular formula is C18H23N3O3S. The van der Waals surface area contributed by atoms with E-state index in [2.05, 4.69) is 11.9 Å². The van der Waals surface area contributed by atoms with Crippen LogP contribution >= 0.6 is 11.3 Å². The van der Waals surface area contributed by atoms with Crippen molar-refractivity contribution in [3.63, 3.8) is 0 Å². The molecule has 1 fully saturated rings. The number of rotatable bonds is 4. The first-order valence-corrected chi connectivity index (χ1v) is 9.48. The van der Waals surface area contributed by atoms with Crippen molar-refractivity contribution in [3.8, 4) is 0 Å². The second kappa shape index (κ2) is 7.39. The van der Waals surface area contributed by atoms with Crippen LogP contribution in [0.25, 0.3) is 10.2 Å². The lowest BCUT2D eigenvalue weighted by Gasteiger charge is -2.36. The lowest BCUT2D eigenvalue weighted by Crippen LogP contribution is -2.48. The summed E-state index contributed by atoms with van der Waals surface area (Å²) in [4.78, 5) is 31.1. The van der Waals surface area contributed by atoms with Gasteiger partial charge in [-0.1, -0.05) is 18.3 Å². The summed E-state index contributed by atoms with van der Waals surface area (Å²) in [6.07, 6.45) is 3.31. The number of thiazole rings is 1. The molecule has 134 valence electrons. The summed E-state index contributed by atoms with van der Waals surface area (Å²) in [6, 6.07) is 5.34. The molecule has 0 radical (unpaired) electrons. The second-order valence-corrected chi connectivity index (χ2v) is 7.43. The summed E-state index contributed by atoms with van der Waals surface area (Å²) in [7, 11) is 0. The summed E-state index contributed by atoms with van der Waals surface area (Å²) in [5.74, 6) is -0.609. The number of benzene rings is 1. The molecule has 1 aliphatic heterocycles. The van der Waals surface area contributed by atoms with Gasteiger partial charge in [0.15, 0.2) is 11.2 Å². The third-order valence-electron chi connectivity index (χ3n) is 4.65. The number of aromatic nitrogens is 1. The molecule has 2 atom stereocenters. The van der Waals surface area contributed by atoms with Crippen LogP contribution in [0.4, 0.5) is 5.13 Å². The van der Waals surface area contributed by atoms with Crippen molar-refractivity contribution < 1.29 is 14.3 Å². The Morgan fingerprint density at radius 2 is 2.24 bits per heavy atom. The number of piperidine rings is 1. The minimum absolute atomic E-state index is 0.108. The monoisotopic (exact) mass is 361 g/mol. The van der Waals surface area contributed by atoms with Crippen LogP contribution in [-0.4, -0.2) is 40.5 Å². The SMILES string of the molecule is CC[C@@H]1CCCCN1C(=O)[C@@H](C)OC(=O)c1ccc2nc(N)sc2c1. The number of esters is 1. The summed E-state index contributed by atoms with van der Waals surface area (Å²) in [5, 5.41) is 0.458. The highest BCUT2D eigenvalue weighted by atomic mass is 32.1. The molecule has 1 amide bonds. The summed E-state index contributed by atoms with van der Waals surface area (Å²) < 4.78 is 6.25. The van der Waals surface area contributed by atoms with Gasteiger partial charge in [0.2, 0.25) is 0 Å². The van der Waals surface area contributed by atoms with Crippen LogP contribution in [0.1, 0.15) is 49.9 Å². The average Bonchev–Trinajstić information content (AvgIpc) is 2.99. The zero-order chi connectivity index (χ0) is 18.0. The van der Waals surface area contributed by atoms with E-state index in [1.807, 2.05) is 4.90 Å². The molecule has 1 aliphatic rings. The Bertz CT molecular complexity index is 789. The van der Waals surface area contributed by atoms with Gasteiger partial charge in [-0.05, 0) is 50.8 Å². The number of nitrogens with zero attached hydrogens (tertiary/aromatic N) is 2. The van der Waals surface area contributed by atoms with Crippen molar-refractivity contribution in [1.82, 2.24) is 9.88 Å². The molecular weight excluding hydrogens is 338 g/mol. The van der Waals surface area contributed by atoms with Crippen molar-refractivity contribution >= 4 is 38.6 Å². The van der Waals surface area contributed by atoms with Gasteiger partial charge in [-0.3, -0.25) is 4.79 Å². The number of nitrogen functional groups attached to an aromatic ring is 1. The summed E-state index contributed by atoms with van der Waals surface area (Å²) in [6.45, 7) is 4.47. The highest BCUT2D eigenvalue weighted by Gasteiger charge is 2.30. The Hall–Kier alpha value is -2.15. The fraction of sp³-hybridized carbons (Fsp3) is 0.500. The highest BCUT2D eigenvalue weighted by Crippen LogP contribution is 2.25. The zero-order valence-electron chi connectivity index (χ0n) is 14.5. The highest BCUT2D eigenvalue weighted by molar-refractivity contribution is 7.22. The van der Waals surface area contributed by atoms with Crippen LogP contribution in [0.5, 0.6) is 0 Å². The van der Waals surface area contributed by atoms with E-state index in [1.54, 1.807) is 25.1 Å². The number of amides is 1. The van der Waals surface area contributed by atoms with Gasteiger partial charge in [-0.15, -0.1) is 0 Å². The van der Waals surface area contributed by atoms with E-state index in [4.69, 9.17) is 10.5 Å². The van der Waals surface area contributed by atoms with E-state index >= 15 is 0 Å². The summed E-state index contributed by atoms with van der Waals surface area (Å²) in [5.41, 5.74) is 6.84. The molecule has 0 bridgehead atoms. The Kier molecular flexibility index (Phi) is 5.22. The van der Waals surface area contributed by atoms with Gasteiger partial charge in [-0.25, -0.2) is 9.78 Å². The maximum absolute atomic E-state index is 12.7. The third kappa shape index (κ3) is 3.76. The second-order valence-electron chi connectivity index (χ2n) is 6.37. The van der Waals surface area contributed by atoms with E-state index in [1.165, 1.54) is 11.3 Å². The van der Waals surface area contributed by atoms with E-state index < -0.39 is 12.1 Å². The number of fused-ring (bicyclic) bond motifs is 1. The largest absolute Gasteiger partial charge is 0.449 e. The Morgan fingerprint density at radius 3 is 3.00 bits per heavy atom. The predicted octanol–water partition coefficient (Wildman–Crippen LogP) is 3.21. The van der Waals surface area contributed by atoms with Crippen molar-refractivity contribution in [2.75, 3.05) is 12.3 Å². The van der Waals surface area contributed by atoms with Gasteiger partial charge < -0.3 is 15.4 Å². The molecule has 2 N–H and O–H groups in total. The zero-order valence-corrected chi connectivity index (χ0v) is 15.3. The van der Waals surface area contributed by atoms with Crippen molar-refractivity contribution in [2.45, 2.75) is 51.7 Å². The van der Waals surface area contributed by atoms with Gasteiger partial charge in [0.05, 0.1) is 15.8 Å². The number of nitrogens with two attached hydrogens (primary N) is 1. The molecule has 25 heavy (non-hydrogen) atoms. The van der Waals surface area contributed by atoms with Crippen LogP contribution < -0.4 is 5.73 Å². The minimum atomic E-state index is -0.790. The lowest BCUT2D eigenvalue weighted by atomic mass is 9.99. The van der Waals surface area contributed by atoms with Crippen molar-refractivity contribution in [2.24, 2.45) is 0 Å². The maximum Gasteiger partial charge on any atom is 0.338 e. The van der Waals surface area contributed by atoms with Gasteiger partial charge in [0, 0.05) is 12.6 Å².